The highest BCUT2D eigenvalue weighted by atomic mass is 79.9. The van der Waals surface area contributed by atoms with Crippen molar-refractivity contribution in [3.63, 3.8) is 0 Å². The molecule has 1 aromatic rings. The SMILES string of the molecule is CNC(Cc1ccccc1Br)C1C(C)(C)C1(C)C. The summed E-state index contributed by atoms with van der Waals surface area (Å²) in [6.45, 7) is 9.56. The van der Waals surface area contributed by atoms with Crippen molar-refractivity contribution in [3.05, 3.63) is 34.3 Å². The van der Waals surface area contributed by atoms with Gasteiger partial charge in [-0.25, -0.2) is 0 Å². The zero-order valence-corrected chi connectivity index (χ0v) is 13.6. The fraction of sp³-hybridized carbons (Fsp3) is 0.625. The molecule has 18 heavy (non-hydrogen) atoms. The Bertz CT molecular complexity index is 422. The lowest BCUT2D eigenvalue weighted by Crippen LogP contribution is -2.32. The molecule has 0 radical (unpaired) electrons. The van der Waals surface area contributed by atoms with Crippen LogP contribution in [0.15, 0.2) is 28.7 Å². The number of halogens is 1. The van der Waals surface area contributed by atoms with E-state index in [0.717, 1.165) is 12.3 Å². The number of hydrogen-bond donors (Lipinski definition) is 1. The molecule has 1 aliphatic rings. The third-order valence-electron chi connectivity index (χ3n) is 5.30. The van der Waals surface area contributed by atoms with Crippen LogP contribution in [-0.2, 0) is 6.42 Å². The standard InChI is InChI=1S/C16H24BrN/c1-15(2)14(16(15,3)4)13(18-5)10-11-8-6-7-9-12(11)17/h6-9,13-14,18H,10H2,1-5H3. The van der Waals surface area contributed by atoms with Gasteiger partial charge in [-0.15, -0.1) is 0 Å². The van der Waals surface area contributed by atoms with Crippen LogP contribution in [0.4, 0.5) is 0 Å². The lowest BCUT2D eigenvalue weighted by atomic mass is 9.97. The second kappa shape index (κ2) is 4.64. The summed E-state index contributed by atoms with van der Waals surface area (Å²) >= 11 is 3.65. The first-order valence-corrected chi connectivity index (χ1v) is 7.52. The van der Waals surface area contributed by atoms with Crippen LogP contribution in [0.25, 0.3) is 0 Å². The third-order valence-corrected chi connectivity index (χ3v) is 6.08. The van der Waals surface area contributed by atoms with Crippen molar-refractivity contribution in [2.45, 2.75) is 40.2 Å². The minimum absolute atomic E-state index is 0.432. The van der Waals surface area contributed by atoms with Gasteiger partial charge in [0, 0.05) is 10.5 Å². The number of rotatable bonds is 4. The summed E-state index contributed by atoms with van der Waals surface area (Å²) in [7, 11) is 2.09. The third kappa shape index (κ3) is 2.14. The van der Waals surface area contributed by atoms with E-state index in [1.54, 1.807) is 0 Å². The molecular weight excluding hydrogens is 286 g/mol. The molecule has 0 amide bonds. The summed E-state index contributed by atoms with van der Waals surface area (Å²) in [6, 6.07) is 9.10. The van der Waals surface area contributed by atoms with Gasteiger partial charge in [-0.2, -0.15) is 0 Å². The first kappa shape index (κ1) is 14.1. The van der Waals surface area contributed by atoms with E-state index in [4.69, 9.17) is 0 Å². The molecule has 0 spiro atoms. The van der Waals surface area contributed by atoms with E-state index in [0.29, 0.717) is 16.9 Å². The first-order chi connectivity index (χ1) is 8.32. The van der Waals surface area contributed by atoms with E-state index in [2.05, 4.69) is 80.3 Å². The molecule has 2 heteroatoms. The van der Waals surface area contributed by atoms with Crippen molar-refractivity contribution in [1.29, 1.82) is 0 Å². The number of likely N-dealkylation sites (N-methyl/N-ethyl adjacent to an activating group) is 1. The molecule has 0 aliphatic heterocycles. The molecule has 1 fully saturated rings. The van der Waals surface area contributed by atoms with Crippen LogP contribution in [0, 0.1) is 16.7 Å². The minimum atomic E-state index is 0.432. The zero-order chi connectivity index (χ0) is 13.6. The van der Waals surface area contributed by atoms with Crippen molar-refractivity contribution in [1.82, 2.24) is 5.32 Å². The Hall–Kier alpha value is -0.340. The van der Waals surface area contributed by atoms with Crippen LogP contribution < -0.4 is 5.32 Å². The first-order valence-electron chi connectivity index (χ1n) is 6.73. The second-order valence-corrected chi connectivity index (χ2v) is 7.47. The normalized spacial score (nSPS) is 22.8. The highest BCUT2D eigenvalue weighted by Crippen LogP contribution is 2.69. The highest BCUT2D eigenvalue weighted by molar-refractivity contribution is 9.10. The fourth-order valence-electron chi connectivity index (χ4n) is 3.54. The molecule has 1 aromatic carbocycles. The van der Waals surface area contributed by atoms with Crippen LogP contribution >= 0.6 is 15.9 Å². The van der Waals surface area contributed by atoms with E-state index >= 15 is 0 Å². The molecule has 1 unspecified atom stereocenters. The summed E-state index contributed by atoms with van der Waals surface area (Å²) in [4.78, 5) is 0. The molecule has 0 bridgehead atoms. The molecule has 1 atom stereocenters. The van der Waals surface area contributed by atoms with Crippen LogP contribution in [0.1, 0.15) is 33.3 Å². The maximum absolute atomic E-state index is 3.65. The fourth-order valence-corrected chi connectivity index (χ4v) is 3.99. The molecule has 2 rings (SSSR count). The topological polar surface area (TPSA) is 12.0 Å². The monoisotopic (exact) mass is 309 g/mol. The van der Waals surface area contributed by atoms with Gasteiger partial charge in [-0.05, 0) is 41.8 Å². The lowest BCUT2D eigenvalue weighted by Gasteiger charge is -2.19. The Morgan fingerprint density at radius 2 is 1.72 bits per heavy atom. The molecule has 0 aromatic heterocycles. The van der Waals surface area contributed by atoms with Gasteiger partial charge in [0.15, 0.2) is 0 Å². The van der Waals surface area contributed by atoms with Gasteiger partial charge in [0.05, 0.1) is 0 Å². The quantitative estimate of drug-likeness (QED) is 0.876. The summed E-state index contributed by atoms with van der Waals surface area (Å²) in [5.74, 6) is 0.738. The van der Waals surface area contributed by atoms with Crippen molar-refractivity contribution in [3.8, 4) is 0 Å². The van der Waals surface area contributed by atoms with Gasteiger partial charge in [0.25, 0.3) is 0 Å². The van der Waals surface area contributed by atoms with Gasteiger partial charge in [0.1, 0.15) is 0 Å². The summed E-state index contributed by atoms with van der Waals surface area (Å²) in [5.41, 5.74) is 2.26. The second-order valence-electron chi connectivity index (χ2n) is 6.61. The Labute approximate surface area is 119 Å². The van der Waals surface area contributed by atoms with Crippen molar-refractivity contribution in [2.24, 2.45) is 16.7 Å². The number of nitrogens with one attached hydrogen (secondary N) is 1. The molecule has 1 aliphatic carbocycles. The van der Waals surface area contributed by atoms with Crippen LogP contribution in [0.5, 0.6) is 0 Å². The molecule has 1 nitrogen and oxygen atoms in total. The molecule has 0 heterocycles. The maximum atomic E-state index is 3.65. The summed E-state index contributed by atoms with van der Waals surface area (Å²) in [6.07, 6.45) is 1.09. The van der Waals surface area contributed by atoms with Gasteiger partial charge >= 0.3 is 0 Å². The molecular formula is C16H24BrN. The smallest absolute Gasteiger partial charge is 0.0207 e. The number of benzene rings is 1. The Kier molecular flexibility index (Phi) is 3.63. The van der Waals surface area contributed by atoms with Crippen LogP contribution in [-0.4, -0.2) is 13.1 Å². The van der Waals surface area contributed by atoms with E-state index < -0.39 is 0 Å². The predicted octanol–water partition coefficient (Wildman–Crippen LogP) is 4.26. The predicted molar refractivity (Wildman–Crippen MR) is 81.7 cm³/mol. The van der Waals surface area contributed by atoms with E-state index in [9.17, 15) is 0 Å². The lowest BCUT2D eigenvalue weighted by molar-refractivity contribution is 0.420. The Balaban J connectivity index is 2.16. The van der Waals surface area contributed by atoms with E-state index in [1.165, 1.54) is 10.0 Å². The molecule has 100 valence electrons. The van der Waals surface area contributed by atoms with Crippen molar-refractivity contribution in [2.75, 3.05) is 7.05 Å². The Morgan fingerprint density at radius 1 is 1.17 bits per heavy atom. The van der Waals surface area contributed by atoms with E-state index in [1.807, 2.05) is 0 Å². The average Bonchev–Trinajstić information content (AvgIpc) is 2.70. The summed E-state index contributed by atoms with van der Waals surface area (Å²) < 4.78 is 1.22. The zero-order valence-electron chi connectivity index (χ0n) is 12.0. The van der Waals surface area contributed by atoms with Crippen LogP contribution in [0.2, 0.25) is 0 Å². The van der Waals surface area contributed by atoms with Crippen molar-refractivity contribution >= 4 is 15.9 Å². The highest BCUT2D eigenvalue weighted by Gasteiger charge is 2.66. The number of hydrogen-bond acceptors (Lipinski definition) is 1. The minimum Gasteiger partial charge on any atom is -0.316 e. The van der Waals surface area contributed by atoms with Crippen LogP contribution in [0.3, 0.4) is 0 Å². The van der Waals surface area contributed by atoms with Gasteiger partial charge in [-0.1, -0.05) is 61.8 Å². The summed E-state index contributed by atoms with van der Waals surface area (Å²) in [5, 5.41) is 3.53. The maximum Gasteiger partial charge on any atom is 0.0207 e. The molecule has 1 saturated carbocycles. The van der Waals surface area contributed by atoms with Gasteiger partial charge < -0.3 is 5.32 Å². The Morgan fingerprint density at radius 3 is 2.17 bits per heavy atom. The molecule has 0 saturated heterocycles. The van der Waals surface area contributed by atoms with Crippen molar-refractivity contribution < 1.29 is 0 Å². The van der Waals surface area contributed by atoms with E-state index in [-0.39, 0.29) is 0 Å². The average molecular weight is 310 g/mol. The largest absolute Gasteiger partial charge is 0.316 e. The van der Waals surface area contributed by atoms with Gasteiger partial charge in [-0.3, -0.25) is 0 Å². The molecule has 1 N–H and O–H groups in total. The van der Waals surface area contributed by atoms with Gasteiger partial charge in [0.2, 0.25) is 0 Å².